The first-order valence-electron chi connectivity index (χ1n) is 3.53. The van der Waals surface area contributed by atoms with Gasteiger partial charge >= 0.3 is 0 Å². The third-order valence-corrected chi connectivity index (χ3v) is 2.59. The number of aryl methyl sites for hydroxylation is 1. The molecule has 0 aromatic carbocycles. The summed E-state index contributed by atoms with van der Waals surface area (Å²) in [6.45, 7) is 0. The number of pyridine rings is 1. The van der Waals surface area contributed by atoms with E-state index < -0.39 is 10.1 Å². The van der Waals surface area contributed by atoms with E-state index in [0.29, 0.717) is 5.69 Å². The molecule has 0 fully saturated rings. The van der Waals surface area contributed by atoms with Gasteiger partial charge in [-0.2, -0.15) is 8.42 Å². The Balaban J connectivity index is 2.61. The van der Waals surface area contributed by atoms with Gasteiger partial charge in [0.15, 0.2) is 0 Å². The van der Waals surface area contributed by atoms with Crippen LogP contribution in [-0.4, -0.2) is 23.7 Å². The molecular formula is C7H8BrNO3S. The quantitative estimate of drug-likeness (QED) is 0.837. The van der Waals surface area contributed by atoms with Crippen molar-refractivity contribution < 1.29 is 13.0 Å². The van der Waals surface area contributed by atoms with Crippen LogP contribution in [0.3, 0.4) is 0 Å². The zero-order chi connectivity index (χ0) is 9.90. The van der Waals surface area contributed by atoms with Gasteiger partial charge in [-0.05, 0) is 28.1 Å². The maximum absolute atomic E-state index is 10.4. The number of hydrogen-bond donors (Lipinski definition) is 1. The summed E-state index contributed by atoms with van der Waals surface area (Å²) in [6, 6.07) is 3.47. The van der Waals surface area contributed by atoms with E-state index >= 15 is 0 Å². The summed E-state index contributed by atoms with van der Waals surface area (Å²) >= 11 is 3.21. The molecule has 0 unspecified atom stereocenters. The Kier molecular flexibility index (Phi) is 3.40. The lowest BCUT2D eigenvalue weighted by Crippen LogP contribution is -2.07. The molecule has 0 atom stereocenters. The monoisotopic (exact) mass is 265 g/mol. The molecule has 0 radical (unpaired) electrons. The van der Waals surface area contributed by atoms with Gasteiger partial charge in [0, 0.05) is 22.8 Å². The normalized spacial score (nSPS) is 11.5. The van der Waals surface area contributed by atoms with Crippen molar-refractivity contribution in [3.8, 4) is 0 Å². The summed E-state index contributed by atoms with van der Waals surface area (Å²) in [5.41, 5.74) is 0.640. The zero-order valence-corrected chi connectivity index (χ0v) is 9.05. The van der Waals surface area contributed by atoms with Gasteiger partial charge in [0.25, 0.3) is 10.1 Å². The van der Waals surface area contributed by atoms with Gasteiger partial charge in [-0.3, -0.25) is 9.54 Å². The van der Waals surface area contributed by atoms with Crippen LogP contribution in [0.15, 0.2) is 22.8 Å². The minimum atomic E-state index is -3.88. The molecule has 0 aliphatic rings. The summed E-state index contributed by atoms with van der Waals surface area (Å²) in [6.07, 6.45) is 1.81. The topological polar surface area (TPSA) is 67.3 Å². The smallest absolute Gasteiger partial charge is 0.265 e. The van der Waals surface area contributed by atoms with E-state index in [0.717, 1.165) is 4.47 Å². The number of nitrogens with zero attached hydrogens (tertiary/aromatic N) is 1. The SMILES string of the molecule is O=S(=O)(O)CCc1ccc(Br)cn1. The minimum Gasteiger partial charge on any atom is -0.286 e. The predicted molar refractivity (Wildman–Crippen MR) is 52.1 cm³/mol. The lowest BCUT2D eigenvalue weighted by molar-refractivity contribution is 0.482. The highest BCUT2D eigenvalue weighted by atomic mass is 79.9. The molecule has 4 nitrogen and oxygen atoms in total. The molecule has 1 N–H and O–H groups in total. The van der Waals surface area contributed by atoms with Gasteiger partial charge in [-0.25, -0.2) is 0 Å². The average Bonchev–Trinajstić information content (AvgIpc) is 2.02. The van der Waals surface area contributed by atoms with Crippen LogP contribution < -0.4 is 0 Å². The molecule has 0 saturated heterocycles. The van der Waals surface area contributed by atoms with Gasteiger partial charge < -0.3 is 0 Å². The second kappa shape index (κ2) is 4.17. The molecule has 0 bridgehead atoms. The van der Waals surface area contributed by atoms with Crippen molar-refractivity contribution in [2.45, 2.75) is 6.42 Å². The van der Waals surface area contributed by atoms with Gasteiger partial charge in [-0.1, -0.05) is 0 Å². The van der Waals surface area contributed by atoms with Gasteiger partial charge in [0.2, 0.25) is 0 Å². The molecule has 0 aliphatic carbocycles. The molecule has 0 saturated carbocycles. The van der Waals surface area contributed by atoms with Crippen LogP contribution in [0.25, 0.3) is 0 Å². The second-order valence-electron chi connectivity index (χ2n) is 2.50. The van der Waals surface area contributed by atoms with E-state index in [1.807, 2.05) is 0 Å². The Labute approximate surface area is 84.9 Å². The van der Waals surface area contributed by atoms with Crippen molar-refractivity contribution in [2.75, 3.05) is 5.75 Å². The third-order valence-electron chi connectivity index (χ3n) is 1.40. The average molecular weight is 266 g/mol. The van der Waals surface area contributed by atoms with Crippen LogP contribution in [0.4, 0.5) is 0 Å². The summed E-state index contributed by atoms with van der Waals surface area (Å²) in [5, 5.41) is 0. The Morgan fingerprint density at radius 1 is 1.46 bits per heavy atom. The molecule has 0 spiro atoms. The van der Waals surface area contributed by atoms with Crippen LogP contribution in [0.1, 0.15) is 5.69 Å². The molecule has 13 heavy (non-hydrogen) atoms. The number of rotatable bonds is 3. The third kappa shape index (κ3) is 4.35. The number of halogens is 1. The molecular weight excluding hydrogens is 258 g/mol. The van der Waals surface area contributed by atoms with E-state index in [-0.39, 0.29) is 12.2 Å². The predicted octanol–water partition coefficient (Wildman–Crippen LogP) is 1.27. The van der Waals surface area contributed by atoms with Crippen LogP contribution >= 0.6 is 15.9 Å². The van der Waals surface area contributed by atoms with Crippen molar-refractivity contribution >= 4 is 26.0 Å². The second-order valence-corrected chi connectivity index (χ2v) is 4.99. The first-order chi connectivity index (χ1) is 5.97. The van der Waals surface area contributed by atoms with Crippen LogP contribution in [0, 0.1) is 0 Å². The standard InChI is InChI=1S/C7H8BrNO3S/c8-6-1-2-7(9-5-6)3-4-13(10,11)12/h1-2,5H,3-4H2,(H,10,11,12). The fourth-order valence-electron chi connectivity index (χ4n) is 0.788. The first-order valence-corrected chi connectivity index (χ1v) is 5.93. The lowest BCUT2D eigenvalue weighted by Gasteiger charge is -1.97. The Morgan fingerprint density at radius 3 is 2.62 bits per heavy atom. The maximum atomic E-state index is 10.4. The fourth-order valence-corrected chi connectivity index (χ4v) is 1.49. The first kappa shape index (κ1) is 10.6. The Hall–Kier alpha value is -0.460. The highest BCUT2D eigenvalue weighted by Crippen LogP contribution is 2.07. The van der Waals surface area contributed by atoms with Crippen molar-refractivity contribution in [3.63, 3.8) is 0 Å². The maximum Gasteiger partial charge on any atom is 0.265 e. The molecule has 72 valence electrons. The van der Waals surface area contributed by atoms with Gasteiger partial charge in [0.05, 0.1) is 5.75 Å². The highest BCUT2D eigenvalue weighted by Gasteiger charge is 2.05. The molecule has 0 aliphatic heterocycles. The summed E-state index contributed by atoms with van der Waals surface area (Å²) in [7, 11) is -3.88. The molecule has 1 rings (SSSR count). The van der Waals surface area contributed by atoms with E-state index in [1.165, 1.54) is 0 Å². The fraction of sp³-hybridized carbons (Fsp3) is 0.286. The molecule has 0 amide bonds. The van der Waals surface area contributed by atoms with Crippen LogP contribution in [0.5, 0.6) is 0 Å². The van der Waals surface area contributed by atoms with Crippen molar-refractivity contribution in [1.29, 1.82) is 0 Å². The largest absolute Gasteiger partial charge is 0.286 e. The van der Waals surface area contributed by atoms with E-state index in [9.17, 15) is 8.42 Å². The summed E-state index contributed by atoms with van der Waals surface area (Å²) < 4.78 is 30.1. The lowest BCUT2D eigenvalue weighted by atomic mass is 10.3. The van der Waals surface area contributed by atoms with E-state index in [2.05, 4.69) is 20.9 Å². The van der Waals surface area contributed by atoms with E-state index in [1.54, 1.807) is 18.3 Å². The van der Waals surface area contributed by atoms with Crippen molar-refractivity contribution in [2.24, 2.45) is 0 Å². The molecule has 1 aromatic heterocycles. The number of hydrogen-bond acceptors (Lipinski definition) is 3. The highest BCUT2D eigenvalue weighted by molar-refractivity contribution is 9.10. The Morgan fingerprint density at radius 2 is 2.15 bits per heavy atom. The van der Waals surface area contributed by atoms with Gasteiger partial charge in [0.1, 0.15) is 0 Å². The minimum absolute atomic E-state index is 0.228. The van der Waals surface area contributed by atoms with Crippen LogP contribution in [0.2, 0.25) is 0 Å². The van der Waals surface area contributed by atoms with Gasteiger partial charge in [-0.15, -0.1) is 0 Å². The molecule has 1 heterocycles. The Bertz CT molecular complexity index is 373. The molecule has 6 heteroatoms. The zero-order valence-electron chi connectivity index (χ0n) is 6.64. The summed E-state index contributed by atoms with van der Waals surface area (Å²) in [4.78, 5) is 3.96. The van der Waals surface area contributed by atoms with Crippen molar-refractivity contribution in [3.05, 3.63) is 28.5 Å². The van der Waals surface area contributed by atoms with E-state index in [4.69, 9.17) is 4.55 Å². The molecule has 1 aromatic rings. The number of aromatic nitrogens is 1. The summed E-state index contributed by atoms with van der Waals surface area (Å²) in [5.74, 6) is -0.290. The van der Waals surface area contributed by atoms with Crippen molar-refractivity contribution in [1.82, 2.24) is 4.98 Å². The van der Waals surface area contributed by atoms with Crippen LogP contribution in [-0.2, 0) is 16.5 Å².